The fourth-order valence-corrected chi connectivity index (χ4v) is 3.60. The van der Waals surface area contributed by atoms with E-state index in [1.807, 2.05) is 24.3 Å². The van der Waals surface area contributed by atoms with Crippen molar-refractivity contribution in [2.75, 3.05) is 13.2 Å². The number of rotatable bonds is 5. The van der Waals surface area contributed by atoms with E-state index in [2.05, 4.69) is 17.6 Å². The van der Waals surface area contributed by atoms with Gasteiger partial charge in [-0.05, 0) is 37.0 Å². The number of hydrogen-bond acceptors (Lipinski definition) is 3. The van der Waals surface area contributed by atoms with Crippen LogP contribution in [-0.2, 0) is 11.3 Å². The molecule has 6 heteroatoms. The summed E-state index contributed by atoms with van der Waals surface area (Å²) < 4.78 is 5.56. The Kier molecular flexibility index (Phi) is 5.79. The molecule has 25 heavy (non-hydrogen) atoms. The zero-order chi connectivity index (χ0) is 17.6. The van der Waals surface area contributed by atoms with Crippen molar-refractivity contribution in [3.8, 4) is 5.75 Å². The predicted molar refractivity (Wildman–Crippen MR) is 95.4 cm³/mol. The van der Waals surface area contributed by atoms with Crippen molar-refractivity contribution in [1.82, 2.24) is 15.5 Å². The van der Waals surface area contributed by atoms with E-state index in [1.165, 1.54) is 0 Å². The minimum atomic E-state index is -0.155. The first-order valence-electron chi connectivity index (χ1n) is 9.23. The monoisotopic (exact) mass is 345 g/mol. The van der Waals surface area contributed by atoms with Gasteiger partial charge in [0.2, 0.25) is 5.91 Å². The van der Waals surface area contributed by atoms with Crippen LogP contribution in [0.5, 0.6) is 5.75 Å². The molecule has 0 radical (unpaired) electrons. The number of benzene rings is 1. The van der Waals surface area contributed by atoms with E-state index in [-0.39, 0.29) is 30.6 Å². The van der Waals surface area contributed by atoms with Crippen molar-refractivity contribution in [2.24, 2.45) is 0 Å². The van der Waals surface area contributed by atoms with Gasteiger partial charge in [-0.2, -0.15) is 0 Å². The van der Waals surface area contributed by atoms with Crippen molar-refractivity contribution >= 4 is 11.9 Å². The van der Waals surface area contributed by atoms with Gasteiger partial charge in [-0.15, -0.1) is 0 Å². The smallest absolute Gasteiger partial charge is 0.318 e. The molecule has 3 amide bonds. The highest BCUT2D eigenvalue weighted by Crippen LogP contribution is 2.25. The molecular formula is C19H27N3O3. The number of carbonyl (C=O) groups excluding carboxylic acids is 2. The largest absolute Gasteiger partial charge is 0.494 e. The van der Waals surface area contributed by atoms with E-state index in [0.29, 0.717) is 13.2 Å². The molecule has 3 rings (SSSR count). The molecule has 0 aromatic heterocycles. The highest BCUT2D eigenvalue weighted by atomic mass is 16.5. The zero-order valence-electron chi connectivity index (χ0n) is 14.8. The summed E-state index contributed by atoms with van der Waals surface area (Å²) in [5.74, 6) is 0.783. The minimum Gasteiger partial charge on any atom is -0.494 e. The summed E-state index contributed by atoms with van der Waals surface area (Å²) in [5.41, 5.74) is 1.01. The molecule has 2 aliphatic rings. The Hall–Kier alpha value is -2.24. The number of ether oxygens (including phenoxy) is 1. The normalized spacial score (nSPS) is 22.8. The molecule has 2 N–H and O–H groups in total. The number of carbonyl (C=O) groups is 2. The molecule has 2 atom stereocenters. The summed E-state index contributed by atoms with van der Waals surface area (Å²) in [6, 6.07) is 7.82. The second-order valence-corrected chi connectivity index (χ2v) is 6.80. The lowest BCUT2D eigenvalue weighted by Gasteiger charge is -2.43. The number of hydrogen-bond donors (Lipinski definition) is 2. The number of amides is 3. The molecule has 136 valence electrons. The molecule has 0 bridgehead atoms. The standard InChI is InChI=1S/C19H27N3O3/c1-2-11-25-15-9-7-14(8-10-15)12-20-19(24)22-13-18(23)21-16-5-3-4-6-17(16)22/h7-10,16-17H,2-6,11-13H2,1H3,(H,20,24)(H,21,23). The second kappa shape index (κ2) is 8.23. The molecule has 1 saturated carbocycles. The molecule has 1 aromatic carbocycles. The van der Waals surface area contributed by atoms with E-state index in [9.17, 15) is 9.59 Å². The molecule has 0 spiro atoms. The first-order valence-corrected chi connectivity index (χ1v) is 9.23. The Balaban J connectivity index is 1.55. The summed E-state index contributed by atoms with van der Waals surface area (Å²) in [5, 5.41) is 5.98. The highest BCUT2D eigenvalue weighted by molar-refractivity contribution is 5.86. The molecular weight excluding hydrogens is 318 g/mol. The molecule has 1 heterocycles. The molecule has 1 aliphatic carbocycles. The van der Waals surface area contributed by atoms with Crippen molar-refractivity contribution in [1.29, 1.82) is 0 Å². The molecule has 2 unspecified atom stereocenters. The van der Waals surface area contributed by atoms with Crippen molar-refractivity contribution in [2.45, 2.75) is 57.7 Å². The number of fused-ring (bicyclic) bond motifs is 1. The molecule has 1 aliphatic heterocycles. The lowest BCUT2D eigenvalue weighted by Crippen LogP contribution is -2.64. The van der Waals surface area contributed by atoms with Gasteiger partial charge in [0.25, 0.3) is 0 Å². The Bertz CT molecular complexity index is 602. The number of urea groups is 1. The predicted octanol–water partition coefficient (Wildman–Crippen LogP) is 2.43. The van der Waals surface area contributed by atoms with Crippen LogP contribution in [0.2, 0.25) is 0 Å². The summed E-state index contributed by atoms with van der Waals surface area (Å²) in [4.78, 5) is 26.2. The van der Waals surface area contributed by atoms with E-state index in [4.69, 9.17) is 4.74 Å². The minimum absolute atomic E-state index is 0.0595. The van der Waals surface area contributed by atoms with Gasteiger partial charge in [-0.3, -0.25) is 4.79 Å². The average molecular weight is 345 g/mol. The van der Waals surface area contributed by atoms with Gasteiger partial charge in [0.1, 0.15) is 12.3 Å². The Morgan fingerprint density at radius 1 is 1.28 bits per heavy atom. The van der Waals surface area contributed by atoms with Crippen LogP contribution < -0.4 is 15.4 Å². The van der Waals surface area contributed by atoms with Gasteiger partial charge in [0.05, 0.1) is 12.6 Å². The lowest BCUT2D eigenvalue weighted by atomic mass is 9.87. The van der Waals surface area contributed by atoms with E-state index in [1.54, 1.807) is 4.90 Å². The summed E-state index contributed by atoms with van der Waals surface area (Å²) in [7, 11) is 0. The van der Waals surface area contributed by atoms with E-state index >= 15 is 0 Å². The zero-order valence-corrected chi connectivity index (χ0v) is 14.8. The third-order valence-corrected chi connectivity index (χ3v) is 4.89. The SMILES string of the molecule is CCCOc1ccc(CNC(=O)N2CC(=O)NC3CCCCC32)cc1. The number of nitrogens with one attached hydrogen (secondary N) is 2. The number of nitrogens with zero attached hydrogens (tertiary/aromatic N) is 1. The van der Waals surface area contributed by atoms with Gasteiger partial charge in [0, 0.05) is 12.6 Å². The average Bonchev–Trinajstić information content (AvgIpc) is 2.64. The molecule has 6 nitrogen and oxygen atoms in total. The third kappa shape index (κ3) is 4.44. The maximum absolute atomic E-state index is 12.6. The summed E-state index contributed by atoms with van der Waals surface area (Å²) in [6.07, 6.45) is 5.12. The van der Waals surface area contributed by atoms with Crippen LogP contribution in [0.1, 0.15) is 44.6 Å². The Morgan fingerprint density at radius 2 is 2.04 bits per heavy atom. The van der Waals surface area contributed by atoms with Crippen LogP contribution >= 0.6 is 0 Å². The second-order valence-electron chi connectivity index (χ2n) is 6.80. The van der Waals surface area contributed by atoms with Crippen molar-refractivity contribution in [3.05, 3.63) is 29.8 Å². The van der Waals surface area contributed by atoms with Crippen LogP contribution in [0, 0.1) is 0 Å². The van der Waals surface area contributed by atoms with Crippen LogP contribution in [0.15, 0.2) is 24.3 Å². The number of piperazine rings is 1. The van der Waals surface area contributed by atoms with Crippen LogP contribution in [0.4, 0.5) is 4.79 Å². The summed E-state index contributed by atoms with van der Waals surface area (Å²) in [6.45, 7) is 3.37. The fraction of sp³-hybridized carbons (Fsp3) is 0.579. The fourth-order valence-electron chi connectivity index (χ4n) is 3.60. The first-order chi connectivity index (χ1) is 12.2. The maximum Gasteiger partial charge on any atom is 0.318 e. The molecule has 1 saturated heterocycles. The highest BCUT2D eigenvalue weighted by Gasteiger charge is 2.38. The van der Waals surface area contributed by atoms with Crippen molar-refractivity contribution < 1.29 is 14.3 Å². The molecule has 2 fully saturated rings. The quantitative estimate of drug-likeness (QED) is 0.861. The first kappa shape index (κ1) is 17.6. The summed E-state index contributed by atoms with van der Waals surface area (Å²) >= 11 is 0. The Morgan fingerprint density at radius 3 is 2.80 bits per heavy atom. The Labute approximate surface area is 148 Å². The van der Waals surface area contributed by atoms with Gasteiger partial charge in [-0.25, -0.2) is 4.79 Å². The topological polar surface area (TPSA) is 70.7 Å². The maximum atomic E-state index is 12.6. The van der Waals surface area contributed by atoms with Gasteiger partial charge < -0.3 is 20.3 Å². The van der Waals surface area contributed by atoms with Crippen LogP contribution in [-0.4, -0.2) is 42.1 Å². The lowest BCUT2D eigenvalue weighted by molar-refractivity contribution is -0.126. The third-order valence-electron chi connectivity index (χ3n) is 4.89. The van der Waals surface area contributed by atoms with Crippen LogP contribution in [0.3, 0.4) is 0 Å². The molecule has 1 aromatic rings. The van der Waals surface area contributed by atoms with Crippen LogP contribution in [0.25, 0.3) is 0 Å². The van der Waals surface area contributed by atoms with Gasteiger partial charge in [-0.1, -0.05) is 31.9 Å². The van der Waals surface area contributed by atoms with Gasteiger partial charge in [0.15, 0.2) is 0 Å². The van der Waals surface area contributed by atoms with E-state index < -0.39 is 0 Å². The van der Waals surface area contributed by atoms with E-state index in [0.717, 1.165) is 43.4 Å². The van der Waals surface area contributed by atoms with Crippen molar-refractivity contribution in [3.63, 3.8) is 0 Å². The van der Waals surface area contributed by atoms with Gasteiger partial charge >= 0.3 is 6.03 Å².